The molecule has 1 aliphatic rings. The summed E-state index contributed by atoms with van der Waals surface area (Å²) >= 11 is 0. The predicted molar refractivity (Wildman–Crippen MR) is 91.3 cm³/mol. The second-order valence-electron chi connectivity index (χ2n) is 5.88. The van der Waals surface area contributed by atoms with Crippen LogP contribution in [-0.2, 0) is 6.54 Å². The summed E-state index contributed by atoms with van der Waals surface area (Å²) in [5.74, 6) is 0.415. The van der Waals surface area contributed by atoms with Crippen LogP contribution in [0.1, 0.15) is 36.9 Å². The van der Waals surface area contributed by atoms with Gasteiger partial charge >= 0.3 is 0 Å². The van der Waals surface area contributed by atoms with Crippen molar-refractivity contribution in [1.29, 1.82) is 0 Å². The lowest BCUT2D eigenvalue weighted by Crippen LogP contribution is -2.30. The molecule has 1 aliphatic heterocycles. The number of benzene rings is 1. The number of nitrogens with one attached hydrogen (secondary N) is 1. The molecule has 1 fully saturated rings. The molecule has 0 radical (unpaired) electrons. The van der Waals surface area contributed by atoms with Crippen LogP contribution in [-0.4, -0.2) is 41.1 Å². The highest BCUT2D eigenvalue weighted by Gasteiger charge is 2.24. The minimum absolute atomic E-state index is 0.0996. The van der Waals surface area contributed by atoms with Crippen molar-refractivity contribution in [3.8, 4) is 0 Å². The van der Waals surface area contributed by atoms with Crippen LogP contribution >= 0.6 is 0 Å². The highest BCUT2D eigenvalue weighted by atomic mass is 19.1. The molecule has 1 unspecified atom stereocenters. The molecule has 2 heterocycles. The number of hydrogen-bond donors (Lipinski definition) is 3. The van der Waals surface area contributed by atoms with Crippen molar-refractivity contribution in [2.75, 3.05) is 26.3 Å². The maximum absolute atomic E-state index is 14.2. The van der Waals surface area contributed by atoms with Crippen LogP contribution in [0.5, 0.6) is 0 Å². The Bertz CT molecular complexity index is 631. The van der Waals surface area contributed by atoms with Gasteiger partial charge < -0.3 is 20.1 Å². The first-order valence-corrected chi connectivity index (χ1v) is 8.35. The number of para-hydroxylation sites is 1. The summed E-state index contributed by atoms with van der Waals surface area (Å²) in [5, 5.41) is 19.8. The fraction of sp³-hybridized carbons (Fsp3) is 0.556. The SMILES string of the molecule is CCn1c(C2CCCNC2)c(C)c2cccc(F)c21.OCCO. The van der Waals surface area contributed by atoms with E-state index < -0.39 is 0 Å². The summed E-state index contributed by atoms with van der Waals surface area (Å²) in [6.07, 6.45) is 2.41. The minimum atomic E-state index is -0.125. The van der Waals surface area contributed by atoms with Crippen LogP contribution in [0.15, 0.2) is 18.2 Å². The van der Waals surface area contributed by atoms with Crippen LogP contribution in [0.4, 0.5) is 4.39 Å². The maximum atomic E-state index is 14.2. The van der Waals surface area contributed by atoms with Crippen LogP contribution in [0.3, 0.4) is 0 Å². The van der Waals surface area contributed by atoms with E-state index in [2.05, 4.69) is 23.7 Å². The Hall–Kier alpha value is -1.43. The first kappa shape index (κ1) is 17.9. The van der Waals surface area contributed by atoms with Gasteiger partial charge in [-0.3, -0.25) is 0 Å². The van der Waals surface area contributed by atoms with Gasteiger partial charge in [0.2, 0.25) is 0 Å². The molecule has 1 saturated heterocycles. The smallest absolute Gasteiger partial charge is 0.147 e. The normalized spacial score (nSPS) is 17.9. The van der Waals surface area contributed by atoms with Crippen molar-refractivity contribution >= 4 is 10.9 Å². The Labute approximate surface area is 136 Å². The van der Waals surface area contributed by atoms with E-state index in [-0.39, 0.29) is 19.0 Å². The Kier molecular flexibility index (Phi) is 6.57. The van der Waals surface area contributed by atoms with Gasteiger partial charge in [-0.2, -0.15) is 0 Å². The van der Waals surface area contributed by atoms with Crippen molar-refractivity contribution in [3.05, 3.63) is 35.3 Å². The van der Waals surface area contributed by atoms with Gasteiger partial charge in [0.05, 0.1) is 18.7 Å². The molecular formula is C18H27FN2O2. The van der Waals surface area contributed by atoms with Crippen molar-refractivity contribution < 1.29 is 14.6 Å². The maximum Gasteiger partial charge on any atom is 0.147 e. The van der Waals surface area contributed by atoms with Crippen LogP contribution in [0.2, 0.25) is 0 Å². The number of aryl methyl sites for hydroxylation is 2. The second kappa shape index (κ2) is 8.43. The van der Waals surface area contributed by atoms with E-state index in [1.807, 2.05) is 12.1 Å². The van der Waals surface area contributed by atoms with Gasteiger partial charge in [0.1, 0.15) is 5.82 Å². The van der Waals surface area contributed by atoms with Gasteiger partial charge in [-0.15, -0.1) is 0 Å². The van der Waals surface area contributed by atoms with E-state index in [4.69, 9.17) is 10.2 Å². The van der Waals surface area contributed by atoms with Gasteiger partial charge in [0.25, 0.3) is 0 Å². The van der Waals surface area contributed by atoms with Crippen LogP contribution < -0.4 is 5.32 Å². The third-order valence-electron chi connectivity index (χ3n) is 4.44. The summed E-state index contributed by atoms with van der Waals surface area (Å²) in [4.78, 5) is 0. The zero-order valence-electron chi connectivity index (χ0n) is 14.0. The summed E-state index contributed by atoms with van der Waals surface area (Å²) < 4.78 is 16.3. The summed E-state index contributed by atoms with van der Waals surface area (Å²) in [6, 6.07) is 5.42. The molecule has 0 saturated carbocycles. The van der Waals surface area contributed by atoms with Crippen molar-refractivity contribution in [1.82, 2.24) is 9.88 Å². The van der Waals surface area contributed by atoms with Crippen molar-refractivity contribution in [2.24, 2.45) is 0 Å². The second-order valence-corrected chi connectivity index (χ2v) is 5.88. The summed E-state index contributed by atoms with van der Waals surface area (Å²) in [6.45, 7) is 6.94. The number of halogens is 1. The predicted octanol–water partition coefficient (Wildman–Crippen LogP) is 2.55. The number of aromatic nitrogens is 1. The Morgan fingerprint density at radius 1 is 1.30 bits per heavy atom. The van der Waals surface area contributed by atoms with Gasteiger partial charge in [0.15, 0.2) is 0 Å². The average Bonchev–Trinajstić information content (AvgIpc) is 2.89. The highest BCUT2D eigenvalue weighted by Crippen LogP contribution is 2.34. The van der Waals surface area contributed by atoms with Gasteiger partial charge in [-0.25, -0.2) is 4.39 Å². The van der Waals surface area contributed by atoms with Gasteiger partial charge in [0, 0.05) is 30.1 Å². The lowest BCUT2D eigenvalue weighted by Gasteiger charge is -2.25. The molecule has 4 nitrogen and oxygen atoms in total. The van der Waals surface area contributed by atoms with Crippen molar-refractivity contribution in [2.45, 2.75) is 39.2 Å². The van der Waals surface area contributed by atoms with Crippen LogP contribution in [0.25, 0.3) is 10.9 Å². The largest absolute Gasteiger partial charge is 0.394 e. The molecule has 23 heavy (non-hydrogen) atoms. The molecule has 3 N–H and O–H groups in total. The molecular weight excluding hydrogens is 295 g/mol. The molecule has 0 aliphatic carbocycles. The topological polar surface area (TPSA) is 57.4 Å². The molecule has 0 bridgehead atoms. The summed E-state index contributed by atoms with van der Waals surface area (Å²) in [5.41, 5.74) is 3.36. The van der Waals surface area contributed by atoms with E-state index in [0.717, 1.165) is 30.5 Å². The van der Waals surface area contributed by atoms with Gasteiger partial charge in [-0.1, -0.05) is 12.1 Å². The number of fused-ring (bicyclic) bond motifs is 1. The lowest BCUT2D eigenvalue weighted by atomic mass is 9.93. The van der Waals surface area contributed by atoms with E-state index in [9.17, 15) is 4.39 Å². The average molecular weight is 322 g/mol. The third-order valence-corrected chi connectivity index (χ3v) is 4.44. The van der Waals surface area contributed by atoms with Gasteiger partial charge in [-0.05, 0) is 44.9 Å². The fourth-order valence-corrected chi connectivity index (χ4v) is 3.49. The number of aliphatic hydroxyl groups is 2. The number of hydrogen-bond acceptors (Lipinski definition) is 3. The molecule has 3 rings (SSSR count). The van der Waals surface area contributed by atoms with E-state index in [0.29, 0.717) is 5.92 Å². The molecule has 0 spiro atoms. The first-order valence-electron chi connectivity index (χ1n) is 8.35. The molecule has 0 amide bonds. The Balaban J connectivity index is 0.000000433. The zero-order chi connectivity index (χ0) is 16.8. The number of nitrogens with zero attached hydrogens (tertiary/aromatic N) is 1. The van der Waals surface area contributed by atoms with E-state index >= 15 is 0 Å². The summed E-state index contributed by atoms with van der Waals surface area (Å²) in [7, 11) is 0. The third kappa shape index (κ3) is 3.74. The van der Waals surface area contributed by atoms with Crippen LogP contribution in [0, 0.1) is 12.7 Å². The Morgan fingerprint density at radius 3 is 2.61 bits per heavy atom. The number of rotatable bonds is 3. The lowest BCUT2D eigenvalue weighted by molar-refractivity contribution is 0.186. The molecule has 2 aromatic rings. The van der Waals surface area contributed by atoms with E-state index in [1.54, 1.807) is 6.07 Å². The van der Waals surface area contributed by atoms with Crippen molar-refractivity contribution in [3.63, 3.8) is 0 Å². The molecule has 5 heteroatoms. The Morgan fingerprint density at radius 2 is 2.04 bits per heavy atom. The van der Waals surface area contributed by atoms with E-state index in [1.165, 1.54) is 24.1 Å². The molecule has 1 aromatic heterocycles. The minimum Gasteiger partial charge on any atom is -0.394 e. The highest BCUT2D eigenvalue weighted by molar-refractivity contribution is 5.86. The first-order chi connectivity index (χ1) is 11.2. The zero-order valence-corrected chi connectivity index (χ0v) is 14.0. The quantitative estimate of drug-likeness (QED) is 0.814. The monoisotopic (exact) mass is 322 g/mol. The standard InChI is InChI=1S/C16H21FN2.C2H6O2/c1-3-19-15(12-6-5-9-18-10-12)11(2)13-7-4-8-14(17)16(13)19;3-1-2-4/h4,7-8,12,18H,3,5-6,9-10H2,1-2H3;3-4H,1-2H2. The number of aliphatic hydroxyl groups excluding tert-OH is 2. The molecule has 128 valence electrons. The fourth-order valence-electron chi connectivity index (χ4n) is 3.49. The number of piperidine rings is 1. The molecule has 1 aromatic carbocycles. The molecule has 1 atom stereocenters.